The fraction of sp³-hybridized carbons (Fsp3) is 0.379. The quantitative estimate of drug-likeness (QED) is 0.365. The lowest BCUT2D eigenvalue weighted by Crippen LogP contribution is -2.43. The van der Waals surface area contributed by atoms with Gasteiger partial charge in [-0.05, 0) is 39.4 Å². The highest BCUT2D eigenvalue weighted by molar-refractivity contribution is 6.90. The van der Waals surface area contributed by atoms with E-state index in [2.05, 4.69) is 65.1 Å². The maximum Gasteiger partial charge on any atom is 0.179 e. The maximum absolute atomic E-state index is 10.2. The first-order chi connectivity index (χ1) is 15.2. The third kappa shape index (κ3) is 3.70. The van der Waals surface area contributed by atoms with Crippen LogP contribution in [0.15, 0.2) is 71.9 Å². The Bertz CT molecular complexity index is 1100. The Kier molecular flexibility index (Phi) is 6.78. The predicted molar refractivity (Wildman–Crippen MR) is 136 cm³/mol. The number of hydrogen-bond donors (Lipinski definition) is 0. The molecule has 162 valence electrons. The van der Waals surface area contributed by atoms with Gasteiger partial charge < -0.3 is 0 Å². The molecule has 0 N–H and O–H groups in total. The van der Waals surface area contributed by atoms with Gasteiger partial charge in [-0.15, -0.1) is 5.54 Å². The van der Waals surface area contributed by atoms with Crippen molar-refractivity contribution in [2.24, 2.45) is 11.3 Å². The fourth-order valence-corrected chi connectivity index (χ4v) is 10.8. The van der Waals surface area contributed by atoms with Crippen molar-refractivity contribution in [3.63, 3.8) is 0 Å². The zero-order valence-electron chi connectivity index (χ0n) is 20.0. The van der Waals surface area contributed by atoms with Crippen LogP contribution >= 0.6 is 0 Å². The molecular formula is C29H32N2Si. The summed E-state index contributed by atoms with van der Waals surface area (Å²) in [6.07, 6.45) is 10.00. The molecule has 0 bridgehead atoms. The molecule has 2 aliphatic carbocycles. The highest BCUT2D eigenvalue weighted by atomic mass is 28.3. The standard InChI is InChI=1S/C29H32N2Si/c1-21(2)32(22(3)4,23(5)6)17-16-24-12-10-11-15-27-26(24)18-28(29(27,19-30)20-31)25-13-8-7-9-14-25/h7-15,18,21-23,27H,1-6H3. The summed E-state index contributed by atoms with van der Waals surface area (Å²) < 4.78 is 0. The van der Waals surface area contributed by atoms with Crippen molar-refractivity contribution >= 4 is 13.6 Å². The molecule has 0 radical (unpaired) electrons. The molecule has 1 atom stereocenters. The summed E-state index contributed by atoms with van der Waals surface area (Å²) in [7, 11) is -1.91. The average molecular weight is 437 g/mol. The number of fused-ring (bicyclic) bond motifs is 1. The van der Waals surface area contributed by atoms with Crippen LogP contribution in [0.4, 0.5) is 0 Å². The lowest BCUT2D eigenvalue weighted by Gasteiger charge is -2.38. The first-order valence-electron chi connectivity index (χ1n) is 11.5. The molecule has 1 unspecified atom stereocenters. The molecule has 2 nitrogen and oxygen atoms in total. The van der Waals surface area contributed by atoms with Crippen LogP contribution in [0, 0.1) is 45.5 Å². The van der Waals surface area contributed by atoms with Crippen molar-refractivity contribution in [3.05, 3.63) is 77.4 Å². The fourth-order valence-electron chi connectivity index (χ4n) is 5.61. The molecule has 0 aliphatic heterocycles. The first kappa shape index (κ1) is 23.6. The minimum Gasteiger partial charge on any atom is -0.196 e. The summed E-state index contributed by atoms with van der Waals surface area (Å²) >= 11 is 0. The van der Waals surface area contributed by atoms with Crippen LogP contribution < -0.4 is 0 Å². The number of allylic oxidation sites excluding steroid dienone is 8. The van der Waals surface area contributed by atoms with Crippen molar-refractivity contribution in [3.8, 4) is 23.6 Å². The van der Waals surface area contributed by atoms with E-state index >= 15 is 0 Å². The van der Waals surface area contributed by atoms with Crippen molar-refractivity contribution in [1.29, 1.82) is 10.5 Å². The van der Waals surface area contributed by atoms with Gasteiger partial charge >= 0.3 is 0 Å². The lowest BCUT2D eigenvalue weighted by atomic mass is 9.72. The van der Waals surface area contributed by atoms with E-state index in [9.17, 15) is 10.5 Å². The Balaban J connectivity index is 2.27. The third-order valence-corrected chi connectivity index (χ3v) is 13.5. The third-order valence-electron chi connectivity index (χ3n) is 7.23. The van der Waals surface area contributed by atoms with Gasteiger partial charge in [0.1, 0.15) is 8.07 Å². The van der Waals surface area contributed by atoms with Gasteiger partial charge in [-0.3, -0.25) is 0 Å². The second-order valence-corrected chi connectivity index (χ2v) is 15.3. The molecule has 0 aromatic heterocycles. The Morgan fingerprint density at radius 3 is 2.00 bits per heavy atom. The van der Waals surface area contributed by atoms with Gasteiger partial charge in [-0.25, -0.2) is 0 Å². The number of hydrogen-bond acceptors (Lipinski definition) is 2. The highest BCUT2D eigenvalue weighted by Crippen LogP contribution is 2.52. The van der Waals surface area contributed by atoms with Gasteiger partial charge in [0.25, 0.3) is 0 Å². The largest absolute Gasteiger partial charge is 0.196 e. The monoisotopic (exact) mass is 436 g/mol. The van der Waals surface area contributed by atoms with E-state index in [4.69, 9.17) is 0 Å². The van der Waals surface area contributed by atoms with Gasteiger partial charge in [-0.1, -0.05) is 102 Å². The Hall–Kier alpha value is -3.06. The van der Waals surface area contributed by atoms with Crippen molar-refractivity contribution in [2.75, 3.05) is 0 Å². The molecule has 32 heavy (non-hydrogen) atoms. The molecule has 0 fully saturated rings. The molecule has 1 aromatic carbocycles. The number of benzene rings is 1. The van der Waals surface area contributed by atoms with Gasteiger partial charge in [0, 0.05) is 11.5 Å². The van der Waals surface area contributed by atoms with Crippen LogP contribution in [0.1, 0.15) is 47.1 Å². The Morgan fingerprint density at radius 2 is 1.47 bits per heavy atom. The number of rotatable bonds is 4. The minimum absolute atomic E-state index is 0.333. The summed E-state index contributed by atoms with van der Waals surface area (Å²) in [5.41, 5.74) is 7.77. The summed E-state index contributed by atoms with van der Waals surface area (Å²) in [6.45, 7) is 13.9. The highest BCUT2D eigenvalue weighted by Gasteiger charge is 2.49. The molecule has 2 aliphatic rings. The summed E-state index contributed by atoms with van der Waals surface area (Å²) in [5.74, 6) is 3.24. The summed E-state index contributed by atoms with van der Waals surface area (Å²) in [6, 6.07) is 14.5. The van der Waals surface area contributed by atoms with Gasteiger partial charge in [0.05, 0.1) is 12.1 Å². The second kappa shape index (κ2) is 9.20. The molecule has 0 saturated carbocycles. The van der Waals surface area contributed by atoms with E-state index in [1.54, 1.807) is 0 Å². The summed E-state index contributed by atoms with van der Waals surface area (Å²) in [5, 5.41) is 20.4. The van der Waals surface area contributed by atoms with Crippen LogP contribution in [0.3, 0.4) is 0 Å². The Labute approximate surface area is 194 Å². The average Bonchev–Trinajstić information content (AvgIpc) is 2.96. The topological polar surface area (TPSA) is 47.6 Å². The van der Waals surface area contributed by atoms with Crippen molar-refractivity contribution in [2.45, 2.75) is 58.2 Å². The molecule has 3 rings (SSSR count). The van der Waals surface area contributed by atoms with E-state index in [-0.39, 0.29) is 5.92 Å². The molecule has 0 spiro atoms. The van der Waals surface area contributed by atoms with Crippen LogP contribution in [-0.4, -0.2) is 8.07 Å². The van der Waals surface area contributed by atoms with E-state index in [0.29, 0.717) is 16.6 Å². The summed E-state index contributed by atoms with van der Waals surface area (Å²) in [4.78, 5) is 0. The van der Waals surface area contributed by atoms with Gasteiger partial charge in [0.2, 0.25) is 0 Å². The SMILES string of the molecule is CC(C)[Si](C#CC1=C2C=C(c3ccccc3)C(C#N)(C#N)C2C=CC=C1)(C(C)C)C(C)C. The predicted octanol–water partition coefficient (Wildman–Crippen LogP) is 7.38. The van der Waals surface area contributed by atoms with Crippen molar-refractivity contribution in [1.82, 2.24) is 0 Å². The van der Waals surface area contributed by atoms with E-state index in [1.807, 2.05) is 60.7 Å². The van der Waals surface area contributed by atoms with Crippen LogP contribution in [-0.2, 0) is 0 Å². The molecular weight excluding hydrogens is 404 g/mol. The van der Waals surface area contributed by atoms with E-state index in [1.165, 1.54) is 0 Å². The lowest BCUT2D eigenvalue weighted by molar-refractivity contribution is 0.577. The van der Waals surface area contributed by atoms with E-state index < -0.39 is 13.5 Å². The zero-order chi connectivity index (χ0) is 23.5. The van der Waals surface area contributed by atoms with Crippen LogP contribution in [0.5, 0.6) is 0 Å². The van der Waals surface area contributed by atoms with E-state index in [0.717, 1.165) is 22.3 Å². The number of nitriles is 2. The van der Waals surface area contributed by atoms with Gasteiger partial charge in [0.15, 0.2) is 5.41 Å². The Morgan fingerprint density at radius 1 is 0.875 bits per heavy atom. The number of nitrogens with zero attached hydrogens (tertiary/aromatic N) is 2. The van der Waals surface area contributed by atoms with Crippen LogP contribution in [0.25, 0.3) is 5.57 Å². The van der Waals surface area contributed by atoms with Crippen LogP contribution in [0.2, 0.25) is 16.6 Å². The second-order valence-electron chi connectivity index (χ2n) is 9.69. The molecule has 1 aromatic rings. The maximum atomic E-state index is 10.2. The molecule has 3 heteroatoms. The zero-order valence-corrected chi connectivity index (χ0v) is 21.0. The normalized spacial score (nSPS) is 19.2. The molecule has 0 heterocycles. The first-order valence-corrected chi connectivity index (χ1v) is 13.7. The van der Waals surface area contributed by atoms with Crippen molar-refractivity contribution < 1.29 is 0 Å². The minimum atomic E-state index is -1.91. The smallest absolute Gasteiger partial charge is 0.179 e. The molecule has 0 amide bonds. The van der Waals surface area contributed by atoms with Gasteiger partial charge in [-0.2, -0.15) is 10.5 Å². The molecule has 0 saturated heterocycles.